The lowest BCUT2D eigenvalue weighted by Crippen LogP contribution is -2.34. The second-order valence-electron chi connectivity index (χ2n) is 9.30. The third-order valence-electron chi connectivity index (χ3n) is 6.32. The van der Waals surface area contributed by atoms with Crippen LogP contribution < -0.4 is 26.0 Å². The van der Waals surface area contributed by atoms with Crippen LogP contribution in [-0.4, -0.2) is 47.3 Å². The van der Waals surface area contributed by atoms with E-state index in [4.69, 9.17) is 5.73 Å². The maximum Gasteiger partial charge on any atom is 0.246 e. The third kappa shape index (κ3) is 7.60. The minimum atomic E-state index is -3.52. The molecular formula is C26H38BrN5O3S. The number of carbonyl (C=O) groups is 1. The Balaban J connectivity index is 1.94. The molecule has 198 valence electrons. The SMILES string of the molecule is CCCCNCCCN(c1cc(N)c(C(Nc2ccc(Br)cc2)C(=O)NC)cc1C1CC1)S(C)(=O)=O. The molecule has 2 aromatic carbocycles. The van der Waals surface area contributed by atoms with Crippen molar-refractivity contribution in [1.82, 2.24) is 10.6 Å². The molecule has 5 N–H and O–H groups in total. The van der Waals surface area contributed by atoms with Crippen LogP contribution in [0.4, 0.5) is 17.1 Å². The molecule has 1 atom stereocenters. The van der Waals surface area contributed by atoms with Gasteiger partial charge in [0.1, 0.15) is 6.04 Å². The second kappa shape index (κ2) is 12.8. The van der Waals surface area contributed by atoms with Crippen LogP contribution in [0.5, 0.6) is 0 Å². The number of nitrogens with zero attached hydrogens (tertiary/aromatic N) is 1. The molecule has 8 nitrogen and oxygen atoms in total. The molecule has 2 aromatic rings. The first-order chi connectivity index (χ1) is 17.2. The van der Waals surface area contributed by atoms with Gasteiger partial charge in [0.25, 0.3) is 0 Å². The van der Waals surface area contributed by atoms with E-state index in [0.29, 0.717) is 29.9 Å². The van der Waals surface area contributed by atoms with Crippen molar-refractivity contribution in [2.45, 2.75) is 51.0 Å². The number of nitrogens with one attached hydrogen (secondary N) is 3. The van der Waals surface area contributed by atoms with E-state index in [2.05, 4.69) is 38.8 Å². The highest BCUT2D eigenvalue weighted by Crippen LogP contribution is 2.47. The molecule has 0 heterocycles. The molecule has 10 heteroatoms. The number of likely N-dealkylation sites (N-methyl/N-ethyl adjacent to an activating group) is 1. The van der Waals surface area contributed by atoms with Gasteiger partial charge in [0.2, 0.25) is 15.9 Å². The van der Waals surface area contributed by atoms with Crippen molar-refractivity contribution < 1.29 is 13.2 Å². The molecular weight excluding hydrogens is 542 g/mol. The molecule has 0 bridgehead atoms. The lowest BCUT2D eigenvalue weighted by Gasteiger charge is -2.28. The van der Waals surface area contributed by atoms with E-state index in [1.165, 1.54) is 10.6 Å². The van der Waals surface area contributed by atoms with Crippen LogP contribution in [0.25, 0.3) is 0 Å². The molecule has 0 radical (unpaired) electrons. The average molecular weight is 581 g/mol. The van der Waals surface area contributed by atoms with Crippen molar-refractivity contribution in [1.29, 1.82) is 0 Å². The van der Waals surface area contributed by atoms with Gasteiger partial charge in [-0.2, -0.15) is 0 Å². The summed E-state index contributed by atoms with van der Waals surface area (Å²) in [6, 6.07) is 10.5. The molecule has 0 aromatic heterocycles. The predicted octanol–water partition coefficient (Wildman–Crippen LogP) is 4.35. The molecule has 1 amide bonds. The summed E-state index contributed by atoms with van der Waals surface area (Å²) < 4.78 is 28.1. The van der Waals surface area contributed by atoms with Gasteiger partial charge in [-0.25, -0.2) is 8.42 Å². The highest BCUT2D eigenvalue weighted by Gasteiger charge is 2.33. The normalized spacial score (nSPS) is 14.3. The van der Waals surface area contributed by atoms with Gasteiger partial charge in [-0.15, -0.1) is 0 Å². The Kier molecular flexibility index (Phi) is 10.0. The molecule has 0 saturated heterocycles. The quantitative estimate of drug-likeness (QED) is 0.195. The third-order valence-corrected chi connectivity index (χ3v) is 8.02. The van der Waals surface area contributed by atoms with E-state index in [9.17, 15) is 13.2 Å². The van der Waals surface area contributed by atoms with E-state index in [1.54, 1.807) is 13.1 Å². The number of hydrogen-bond acceptors (Lipinski definition) is 6. The highest BCUT2D eigenvalue weighted by atomic mass is 79.9. The number of nitrogen functional groups attached to an aromatic ring is 1. The van der Waals surface area contributed by atoms with Crippen LogP contribution >= 0.6 is 15.9 Å². The summed E-state index contributed by atoms with van der Waals surface area (Å²) in [7, 11) is -1.93. The maximum absolute atomic E-state index is 12.9. The van der Waals surface area contributed by atoms with Crippen molar-refractivity contribution in [3.8, 4) is 0 Å². The lowest BCUT2D eigenvalue weighted by atomic mass is 9.96. The molecule has 36 heavy (non-hydrogen) atoms. The molecule has 3 rings (SSSR count). The zero-order chi connectivity index (χ0) is 26.3. The van der Waals surface area contributed by atoms with Crippen LogP contribution in [0.15, 0.2) is 40.9 Å². The Labute approximate surface area is 223 Å². The first-order valence-corrected chi connectivity index (χ1v) is 15.1. The minimum absolute atomic E-state index is 0.225. The molecule has 0 aliphatic heterocycles. The number of anilines is 3. The average Bonchev–Trinajstić information content (AvgIpc) is 3.67. The van der Waals surface area contributed by atoms with E-state index in [-0.39, 0.29) is 11.8 Å². The molecule has 1 aliphatic carbocycles. The number of halogens is 1. The Morgan fingerprint density at radius 2 is 1.83 bits per heavy atom. The molecule has 1 saturated carbocycles. The summed E-state index contributed by atoms with van der Waals surface area (Å²) in [5.41, 5.74) is 9.85. The van der Waals surface area contributed by atoms with Gasteiger partial charge in [0, 0.05) is 35.0 Å². The number of rotatable bonds is 14. The summed E-state index contributed by atoms with van der Waals surface area (Å²) in [5, 5.41) is 9.38. The molecule has 1 fully saturated rings. The first kappa shape index (κ1) is 28.3. The number of unbranched alkanes of at least 4 members (excludes halogenated alkanes) is 1. The number of benzene rings is 2. The fraction of sp³-hybridized carbons (Fsp3) is 0.500. The van der Waals surface area contributed by atoms with Gasteiger partial charge in [-0.1, -0.05) is 29.3 Å². The van der Waals surface area contributed by atoms with Gasteiger partial charge >= 0.3 is 0 Å². The maximum atomic E-state index is 12.9. The smallest absolute Gasteiger partial charge is 0.246 e. The van der Waals surface area contributed by atoms with Gasteiger partial charge in [0.15, 0.2) is 0 Å². The van der Waals surface area contributed by atoms with Crippen LogP contribution in [0, 0.1) is 0 Å². The Bertz CT molecular complexity index is 1140. The monoisotopic (exact) mass is 579 g/mol. The predicted molar refractivity (Wildman–Crippen MR) is 152 cm³/mol. The number of amides is 1. The Hall–Kier alpha value is -2.30. The van der Waals surface area contributed by atoms with Crippen molar-refractivity contribution in [2.75, 3.05) is 48.3 Å². The van der Waals surface area contributed by atoms with Crippen LogP contribution in [-0.2, 0) is 14.8 Å². The van der Waals surface area contributed by atoms with Gasteiger partial charge in [-0.05, 0) is 86.7 Å². The van der Waals surface area contributed by atoms with Crippen LogP contribution in [0.1, 0.15) is 62.1 Å². The van der Waals surface area contributed by atoms with Crippen molar-refractivity contribution in [3.05, 3.63) is 52.0 Å². The number of nitrogens with two attached hydrogens (primary N) is 1. The van der Waals surface area contributed by atoms with E-state index in [0.717, 1.165) is 54.5 Å². The highest BCUT2D eigenvalue weighted by molar-refractivity contribution is 9.10. The topological polar surface area (TPSA) is 117 Å². The standard InChI is InChI=1S/C26H38BrN5O3S/c1-4-5-13-30-14-6-15-32(36(3,34)35)24-17-23(28)22(16-21(24)18-7-8-18)25(26(33)29-2)31-20-11-9-19(27)10-12-20/h9-12,16-18,25,30-31H,4-8,13-15,28H2,1-3H3,(H,29,33). The molecule has 1 aliphatic rings. The Morgan fingerprint density at radius 1 is 1.17 bits per heavy atom. The van der Waals surface area contributed by atoms with Gasteiger partial charge in [-0.3, -0.25) is 9.10 Å². The Morgan fingerprint density at radius 3 is 2.42 bits per heavy atom. The van der Waals surface area contributed by atoms with Crippen molar-refractivity contribution in [3.63, 3.8) is 0 Å². The minimum Gasteiger partial charge on any atom is -0.398 e. The summed E-state index contributed by atoms with van der Waals surface area (Å²) in [5.74, 6) is 0.0292. The number of sulfonamides is 1. The first-order valence-electron chi connectivity index (χ1n) is 12.5. The number of hydrogen-bond donors (Lipinski definition) is 4. The molecule has 0 spiro atoms. The summed E-state index contributed by atoms with van der Waals surface area (Å²) >= 11 is 3.43. The number of carbonyl (C=O) groups excluding carboxylic acids is 1. The lowest BCUT2D eigenvalue weighted by molar-refractivity contribution is -0.121. The summed E-state index contributed by atoms with van der Waals surface area (Å²) in [6.07, 6.45) is 6.11. The van der Waals surface area contributed by atoms with Gasteiger partial charge < -0.3 is 21.7 Å². The summed E-state index contributed by atoms with van der Waals surface area (Å²) in [6.45, 7) is 4.18. The summed E-state index contributed by atoms with van der Waals surface area (Å²) in [4.78, 5) is 12.9. The fourth-order valence-corrected chi connectivity index (χ4v) is 5.45. The fourth-order valence-electron chi connectivity index (χ4n) is 4.21. The van der Waals surface area contributed by atoms with Crippen molar-refractivity contribution in [2.24, 2.45) is 0 Å². The van der Waals surface area contributed by atoms with E-state index in [1.807, 2.05) is 30.3 Å². The molecule has 1 unspecified atom stereocenters. The largest absolute Gasteiger partial charge is 0.398 e. The van der Waals surface area contributed by atoms with Crippen LogP contribution in [0.3, 0.4) is 0 Å². The van der Waals surface area contributed by atoms with E-state index < -0.39 is 16.1 Å². The second-order valence-corrected chi connectivity index (χ2v) is 12.1. The van der Waals surface area contributed by atoms with E-state index >= 15 is 0 Å². The van der Waals surface area contributed by atoms with Gasteiger partial charge in [0.05, 0.1) is 11.9 Å². The zero-order valence-corrected chi connectivity index (χ0v) is 23.7. The van der Waals surface area contributed by atoms with Crippen LogP contribution in [0.2, 0.25) is 0 Å². The van der Waals surface area contributed by atoms with Crippen molar-refractivity contribution >= 4 is 48.9 Å². The zero-order valence-electron chi connectivity index (χ0n) is 21.3.